The first kappa shape index (κ1) is 11.0. The molecule has 1 aromatic rings. The predicted molar refractivity (Wildman–Crippen MR) is 64.1 cm³/mol. The Labute approximate surface area is 95.5 Å². The van der Waals surface area contributed by atoms with Crippen LogP contribution in [-0.2, 0) is 6.54 Å². The van der Waals surface area contributed by atoms with Gasteiger partial charge in [-0.1, -0.05) is 6.42 Å². The zero-order valence-corrected chi connectivity index (χ0v) is 10.1. The lowest BCUT2D eigenvalue weighted by atomic mass is 10.0. The molecule has 0 radical (unpaired) electrons. The van der Waals surface area contributed by atoms with E-state index in [0.717, 1.165) is 13.1 Å². The quantitative estimate of drug-likeness (QED) is 0.845. The molecule has 15 heavy (non-hydrogen) atoms. The van der Waals surface area contributed by atoms with Crippen LogP contribution in [0.1, 0.15) is 24.1 Å². The fourth-order valence-electron chi connectivity index (χ4n) is 2.11. The fraction of sp³-hybridized carbons (Fsp3) is 0.727. The van der Waals surface area contributed by atoms with E-state index >= 15 is 0 Å². The molecule has 0 saturated carbocycles. The first-order valence-electron chi connectivity index (χ1n) is 5.64. The van der Waals surface area contributed by atoms with Gasteiger partial charge in [-0.3, -0.25) is 9.88 Å². The summed E-state index contributed by atoms with van der Waals surface area (Å²) in [6.45, 7) is 3.37. The van der Waals surface area contributed by atoms with Crippen molar-refractivity contribution in [3.8, 4) is 0 Å². The van der Waals surface area contributed by atoms with Crippen LogP contribution in [0.2, 0.25) is 0 Å². The smallest absolute Gasteiger partial charge is 0.0794 e. The van der Waals surface area contributed by atoms with E-state index in [1.54, 1.807) is 11.3 Å². The summed E-state index contributed by atoms with van der Waals surface area (Å²) in [5.74, 6) is 0. The Morgan fingerprint density at radius 2 is 2.53 bits per heavy atom. The maximum Gasteiger partial charge on any atom is 0.0794 e. The SMILES string of the molecule is CN(Cc1cncs1)CC1CCCCN1. The Morgan fingerprint density at radius 1 is 1.60 bits per heavy atom. The van der Waals surface area contributed by atoms with Crippen molar-refractivity contribution < 1.29 is 0 Å². The van der Waals surface area contributed by atoms with Gasteiger partial charge in [-0.05, 0) is 26.4 Å². The van der Waals surface area contributed by atoms with E-state index in [0.29, 0.717) is 6.04 Å². The number of rotatable bonds is 4. The monoisotopic (exact) mass is 225 g/mol. The summed E-state index contributed by atoms with van der Waals surface area (Å²) < 4.78 is 0. The average molecular weight is 225 g/mol. The van der Waals surface area contributed by atoms with Gasteiger partial charge >= 0.3 is 0 Å². The molecule has 1 atom stereocenters. The van der Waals surface area contributed by atoms with Crippen LogP contribution >= 0.6 is 11.3 Å². The summed E-state index contributed by atoms with van der Waals surface area (Å²) >= 11 is 1.74. The normalized spacial score (nSPS) is 22.1. The summed E-state index contributed by atoms with van der Waals surface area (Å²) in [6.07, 6.45) is 6.02. The second-order valence-corrected chi connectivity index (χ2v) is 5.28. The minimum Gasteiger partial charge on any atom is -0.313 e. The molecule has 1 unspecified atom stereocenters. The van der Waals surface area contributed by atoms with Gasteiger partial charge < -0.3 is 5.32 Å². The summed E-state index contributed by atoms with van der Waals surface area (Å²) in [6, 6.07) is 0.691. The highest BCUT2D eigenvalue weighted by atomic mass is 32.1. The number of likely N-dealkylation sites (N-methyl/N-ethyl adjacent to an activating group) is 1. The van der Waals surface area contributed by atoms with Gasteiger partial charge in [-0.25, -0.2) is 0 Å². The van der Waals surface area contributed by atoms with E-state index in [4.69, 9.17) is 0 Å². The molecule has 4 heteroatoms. The van der Waals surface area contributed by atoms with Crippen LogP contribution in [0.3, 0.4) is 0 Å². The second kappa shape index (κ2) is 5.58. The van der Waals surface area contributed by atoms with E-state index < -0.39 is 0 Å². The minimum absolute atomic E-state index is 0.691. The van der Waals surface area contributed by atoms with E-state index in [9.17, 15) is 0 Å². The number of nitrogens with one attached hydrogen (secondary N) is 1. The molecular formula is C11H19N3S. The van der Waals surface area contributed by atoms with Crippen molar-refractivity contribution in [2.45, 2.75) is 31.8 Å². The summed E-state index contributed by atoms with van der Waals surface area (Å²) in [4.78, 5) is 7.84. The molecule has 1 N–H and O–H groups in total. The van der Waals surface area contributed by atoms with Gasteiger partial charge in [-0.2, -0.15) is 0 Å². The van der Waals surface area contributed by atoms with Crippen LogP contribution in [0, 0.1) is 0 Å². The molecule has 1 aromatic heterocycles. The fourth-order valence-corrected chi connectivity index (χ4v) is 2.78. The Kier molecular flexibility index (Phi) is 4.11. The van der Waals surface area contributed by atoms with Crippen LogP contribution in [0.15, 0.2) is 11.7 Å². The number of hydrogen-bond donors (Lipinski definition) is 1. The van der Waals surface area contributed by atoms with Gasteiger partial charge in [0.2, 0.25) is 0 Å². The van der Waals surface area contributed by atoms with Gasteiger partial charge in [0.1, 0.15) is 0 Å². The van der Waals surface area contributed by atoms with Crippen molar-refractivity contribution in [3.63, 3.8) is 0 Å². The van der Waals surface area contributed by atoms with Crippen LogP contribution in [0.5, 0.6) is 0 Å². The summed E-state index contributed by atoms with van der Waals surface area (Å²) in [7, 11) is 2.19. The number of piperidine rings is 1. The molecule has 0 bridgehead atoms. The lowest BCUT2D eigenvalue weighted by Gasteiger charge is -2.27. The molecule has 0 spiro atoms. The molecule has 0 aliphatic carbocycles. The third-order valence-corrected chi connectivity index (χ3v) is 3.62. The molecule has 3 nitrogen and oxygen atoms in total. The highest BCUT2D eigenvalue weighted by Gasteiger charge is 2.14. The molecule has 1 fully saturated rings. The molecule has 84 valence electrons. The number of nitrogens with zero attached hydrogens (tertiary/aromatic N) is 2. The lowest BCUT2D eigenvalue weighted by Crippen LogP contribution is -2.42. The summed E-state index contributed by atoms with van der Waals surface area (Å²) in [5.41, 5.74) is 1.90. The maximum absolute atomic E-state index is 4.10. The van der Waals surface area contributed by atoms with Crippen LogP contribution in [0.25, 0.3) is 0 Å². The predicted octanol–water partition coefficient (Wildman–Crippen LogP) is 1.72. The van der Waals surface area contributed by atoms with Crippen molar-refractivity contribution >= 4 is 11.3 Å². The largest absolute Gasteiger partial charge is 0.313 e. The minimum atomic E-state index is 0.691. The Morgan fingerprint density at radius 3 is 3.20 bits per heavy atom. The number of aromatic nitrogens is 1. The van der Waals surface area contributed by atoms with Gasteiger partial charge in [-0.15, -0.1) is 11.3 Å². The first-order valence-corrected chi connectivity index (χ1v) is 6.52. The second-order valence-electron chi connectivity index (χ2n) is 4.31. The topological polar surface area (TPSA) is 28.2 Å². The van der Waals surface area contributed by atoms with Crippen LogP contribution in [-0.4, -0.2) is 36.1 Å². The van der Waals surface area contributed by atoms with Gasteiger partial charge in [0.05, 0.1) is 5.51 Å². The Hall–Kier alpha value is -0.450. The molecular weight excluding hydrogens is 206 g/mol. The molecule has 2 rings (SSSR count). The summed E-state index contributed by atoms with van der Waals surface area (Å²) in [5, 5.41) is 3.58. The maximum atomic E-state index is 4.10. The van der Waals surface area contributed by atoms with Gasteiger partial charge in [0.15, 0.2) is 0 Å². The number of hydrogen-bond acceptors (Lipinski definition) is 4. The molecule has 0 aromatic carbocycles. The van der Waals surface area contributed by atoms with E-state index in [2.05, 4.69) is 22.2 Å². The van der Waals surface area contributed by atoms with Crippen molar-refractivity contribution in [1.29, 1.82) is 0 Å². The van der Waals surface area contributed by atoms with E-state index in [-0.39, 0.29) is 0 Å². The third kappa shape index (κ3) is 3.55. The Bertz CT molecular complexity index is 267. The van der Waals surface area contributed by atoms with Gasteiger partial charge in [0, 0.05) is 30.2 Å². The third-order valence-electron chi connectivity index (χ3n) is 2.85. The molecule has 0 amide bonds. The molecule has 1 aliphatic heterocycles. The number of thiazole rings is 1. The Balaban J connectivity index is 1.74. The van der Waals surface area contributed by atoms with Crippen molar-refractivity contribution in [1.82, 2.24) is 15.2 Å². The van der Waals surface area contributed by atoms with E-state index in [1.807, 2.05) is 11.7 Å². The molecule has 1 saturated heterocycles. The van der Waals surface area contributed by atoms with Crippen molar-refractivity contribution in [2.75, 3.05) is 20.1 Å². The zero-order chi connectivity index (χ0) is 10.5. The standard InChI is InChI=1S/C11H19N3S/c1-14(8-11-6-12-9-15-11)7-10-4-2-3-5-13-10/h6,9-10,13H,2-5,7-8H2,1H3. The lowest BCUT2D eigenvalue weighted by molar-refractivity contribution is 0.258. The highest BCUT2D eigenvalue weighted by molar-refractivity contribution is 7.09. The highest BCUT2D eigenvalue weighted by Crippen LogP contribution is 2.11. The zero-order valence-electron chi connectivity index (χ0n) is 9.28. The van der Waals surface area contributed by atoms with Gasteiger partial charge in [0.25, 0.3) is 0 Å². The first-order chi connectivity index (χ1) is 7.34. The van der Waals surface area contributed by atoms with Crippen LogP contribution < -0.4 is 5.32 Å². The van der Waals surface area contributed by atoms with Crippen LogP contribution in [0.4, 0.5) is 0 Å². The molecule has 2 heterocycles. The average Bonchev–Trinajstić information content (AvgIpc) is 2.71. The van der Waals surface area contributed by atoms with E-state index in [1.165, 1.54) is 30.7 Å². The van der Waals surface area contributed by atoms with Crippen molar-refractivity contribution in [3.05, 3.63) is 16.6 Å². The molecule has 1 aliphatic rings. The van der Waals surface area contributed by atoms with Crippen molar-refractivity contribution in [2.24, 2.45) is 0 Å².